The zero-order valence-corrected chi connectivity index (χ0v) is 15.0. The average molecular weight is 382 g/mol. The van der Waals surface area contributed by atoms with Gasteiger partial charge in [-0.05, 0) is 48.0 Å². The van der Waals surface area contributed by atoms with Crippen molar-refractivity contribution in [2.24, 2.45) is 0 Å². The van der Waals surface area contributed by atoms with E-state index in [4.69, 9.17) is 0 Å². The molecular weight excluding hydrogens is 364 g/mol. The van der Waals surface area contributed by atoms with Crippen molar-refractivity contribution in [2.45, 2.75) is 13.3 Å². The Labute approximate surface area is 160 Å². The van der Waals surface area contributed by atoms with E-state index in [0.717, 1.165) is 0 Å². The number of anilines is 1. The molecular formula is C19H18N4O5. The van der Waals surface area contributed by atoms with Gasteiger partial charge in [0.25, 0.3) is 17.5 Å². The molecule has 0 saturated heterocycles. The number of rotatable bonds is 6. The lowest BCUT2D eigenvalue weighted by molar-refractivity contribution is -0.384. The summed E-state index contributed by atoms with van der Waals surface area (Å²) < 4.78 is 0. The Balaban J connectivity index is 1.85. The first kappa shape index (κ1) is 20.3. The highest BCUT2D eigenvalue weighted by Gasteiger charge is 2.07. The van der Waals surface area contributed by atoms with E-state index in [9.17, 15) is 24.5 Å². The van der Waals surface area contributed by atoms with Gasteiger partial charge in [0.2, 0.25) is 5.91 Å². The Hall–Kier alpha value is -4.01. The van der Waals surface area contributed by atoms with Crippen molar-refractivity contribution in [1.29, 1.82) is 0 Å². The van der Waals surface area contributed by atoms with Crippen LogP contribution in [-0.4, -0.2) is 22.6 Å². The van der Waals surface area contributed by atoms with Crippen molar-refractivity contribution in [3.8, 4) is 0 Å². The number of nitro benzene ring substituents is 1. The Bertz CT molecular complexity index is 905. The van der Waals surface area contributed by atoms with Gasteiger partial charge in [0, 0.05) is 35.9 Å². The standard InChI is InChI=1S/C19H18N4O5/c1-2-17(24)20-15-8-6-14(7-9-15)19(26)22-21-18(25)12-5-13-3-10-16(11-4-13)23(27)28/h3-12H,2H2,1H3,(H,20,24)(H,21,25)(H,22,26)/b12-5+. The van der Waals surface area contributed by atoms with Gasteiger partial charge in [-0.3, -0.25) is 35.3 Å². The van der Waals surface area contributed by atoms with E-state index in [0.29, 0.717) is 23.2 Å². The van der Waals surface area contributed by atoms with Gasteiger partial charge in [-0.1, -0.05) is 6.92 Å². The van der Waals surface area contributed by atoms with Gasteiger partial charge in [-0.15, -0.1) is 0 Å². The molecule has 0 atom stereocenters. The van der Waals surface area contributed by atoms with Crippen LogP contribution in [0.4, 0.5) is 11.4 Å². The Kier molecular flexibility index (Phi) is 6.98. The zero-order chi connectivity index (χ0) is 20.5. The molecule has 3 N–H and O–H groups in total. The summed E-state index contributed by atoms with van der Waals surface area (Å²) in [7, 11) is 0. The van der Waals surface area contributed by atoms with Crippen molar-refractivity contribution >= 4 is 35.2 Å². The average Bonchev–Trinajstić information content (AvgIpc) is 2.71. The topological polar surface area (TPSA) is 130 Å². The van der Waals surface area contributed by atoms with Gasteiger partial charge in [-0.2, -0.15) is 0 Å². The molecule has 144 valence electrons. The van der Waals surface area contributed by atoms with Crippen LogP contribution in [0.2, 0.25) is 0 Å². The molecule has 28 heavy (non-hydrogen) atoms. The zero-order valence-electron chi connectivity index (χ0n) is 15.0. The normalized spacial score (nSPS) is 10.3. The molecule has 0 heterocycles. The van der Waals surface area contributed by atoms with Crippen LogP contribution in [0.25, 0.3) is 6.08 Å². The molecule has 9 nitrogen and oxygen atoms in total. The number of nitrogens with one attached hydrogen (secondary N) is 3. The molecule has 0 radical (unpaired) electrons. The predicted molar refractivity (Wildman–Crippen MR) is 103 cm³/mol. The summed E-state index contributed by atoms with van der Waals surface area (Å²) >= 11 is 0. The van der Waals surface area contributed by atoms with Crippen LogP contribution < -0.4 is 16.2 Å². The van der Waals surface area contributed by atoms with E-state index >= 15 is 0 Å². The van der Waals surface area contributed by atoms with Crippen LogP contribution in [0, 0.1) is 10.1 Å². The molecule has 0 fully saturated rings. The molecule has 0 aromatic heterocycles. The van der Waals surface area contributed by atoms with Crippen molar-refractivity contribution in [2.75, 3.05) is 5.32 Å². The number of carbonyl (C=O) groups excluding carboxylic acids is 3. The Morgan fingerprint density at radius 1 is 1.00 bits per heavy atom. The molecule has 2 rings (SSSR count). The Morgan fingerprint density at radius 2 is 1.64 bits per heavy atom. The van der Waals surface area contributed by atoms with Crippen molar-refractivity contribution in [3.05, 3.63) is 75.8 Å². The summed E-state index contributed by atoms with van der Waals surface area (Å²) in [6, 6.07) is 11.8. The molecule has 0 bridgehead atoms. The van der Waals surface area contributed by atoms with Crippen LogP contribution in [0.5, 0.6) is 0 Å². The number of nitro groups is 1. The third-order valence-electron chi connectivity index (χ3n) is 3.58. The third kappa shape index (κ3) is 6.06. The maximum atomic E-state index is 12.0. The number of carbonyl (C=O) groups is 3. The van der Waals surface area contributed by atoms with Gasteiger partial charge in [0.1, 0.15) is 0 Å². The number of benzene rings is 2. The Morgan fingerprint density at radius 3 is 2.21 bits per heavy atom. The fourth-order valence-electron chi connectivity index (χ4n) is 2.07. The van der Waals surface area contributed by atoms with E-state index < -0.39 is 16.7 Å². The summed E-state index contributed by atoms with van der Waals surface area (Å²) in [4.78, 5) is 45.2. The molecule has 0 aliphatic carbocycles. The van der Waals surface area contributed by atoms with Crippen LogP contribution in [0.3, 0.4) is 0 Å². The van der Waals surface area contributed by atoms with Crippen molar-refractivity contribution < 1.29 is 19.3 Å². The number of hydrogen-bond acceptors (Lipinski definition) is 5. The summed E-state index contributed by atoms with van der Waals surface area (Å²) in [6.45, 7) is 1.73. The number of hydrogen-bond donors (Lipinski definition) is 3. The van der Waals surface area contributed by atoms with Gasteiger partial charge >= 0.3 is 0 Å². The predicted octanol–water partition coefficient (Wildman–Crippen LogP) is 2.42. The second-order valence-corrected chi connectivity index (χ2v) is 5.60. The molecule has 2 aromatic rings. The number of non-ortho nitro benzene ring substituents is 1. The quantitative estimate of drug-likeness (QED) is 0.401. The van der Waals surface area contributed by atoms with Crippen molar-refractivity contribution in [3.63, 3.8) is 0 Å². The first-order valence-corrected chi connectivity index (χ1v) is 8.32. The van der Waals surface area contributed by atoms with Gasteiger partial charge < -0.3 is 5.32 Å². The lowest BCUT2D eigenvalue weighted by Crippen LogP contribution is -2.40. The maximum absolute atomic E-state index is 12.0. The molecule has 0 unspecified atom stereocenters. The lowest BCUT2D eigenvalue weighted by Gasteiger charge is -2.07. The molecule has 0 spiro atoms. The summed E-state index contributed by atoms with van der Waals surface area (Å²) in [6.07, 6.45) is 2.99. The maximum Gasteiger partial charge on any atom is 0.269 e. The largest absolute Gasteiger partial charge is 0.326 e. The third-order valence-corrected chi connectivity index (χ3v) is 3.58. The van der Waals surface area contributed by atoms with Crippen LogP contribution >= 0.6 is 0 Å². The van der Waals surface area contributed by atoms with Gasteiger partial charge in [-0.25, -0.2) is 0 Å². The summed E-state index contributed by atoms with van der Waals surface area (Å²) in [5.74, 6) is -1.23. The minimum absolute atomic E-state index is 0.0471. The molecule has 0 saturated carbocycles. The highest BCUT2D eigenvalue weighted by Crippen LogP contribution is 2.13. The molecule has 9 heteroatoms. The van der Waals surface area contributed by atoms with Gasteiger partial charge in [0.05, 0.1) is 4.92 Å². The molecule has 3 amide bonds. The first-order chi connectivity index (χ1) is 13.4. The highest BCUT2D eigenvalue weighted by atomic mass is 16.6. The van der Waals surface area contributed by atoms with E-state index in [-0.39, 0.29) is 11.6 Å². The minimum Gasteiger partial charge on any atom is -0.326 e. The second-order valence-electron chi connectivity index (χ2n) is 5.60. The number of hydrazine groups is 1. The van der Waals surface area contributed by atoms with E-state index in [1.807, 2.05) is 0 Å². The number of nitrogens with zero attached hydrogens (tertiary/aromatic N) is 1. The first-order valence-electron chi connectivity index (χ1n) is 8.32. The van der Waals surface area contributed by atoms with Crippen LogP contribution in [0.15, 0.2) is 54.6 Å². The van der Waals surface area contributed by atoms with Crippen LogP contribution in [0.1, 0.15) is 29.3 Å². The summed E-state index contributed by atoms with van der Waals surface area (Å²) in [5.41, 5.74) is 5.91. The fraction of sp³-hybridized carbons (Fsp3) is 0.105. The van der Waals surface area contributed by atoms with Crippen molar-refractivity contribution in [1.82, 2.24) is 10.9 Å². The molecule has 2 aromatic carbocycles. The summed E-state index contributed by atoms with van der Waals surface area (Å²) in [5, 5.41) is 13.3. The monoisotopic (exact) mass is 382 g/mol. The lowest BCUT2D eigenvalue weighted by atomic mass is 10.2. The highest BCUT2D eigenvalue weighted by molar-refractivity contribution is 5.98. The molecule has 0 aliphatic heterocycles. The molecule has 0 aliphatic rings. The fourth-order valence-corrected chi connectivity index (χ4v) is 2.07. The SMILES string of the molecule is CCC(=O)Nc1ccc(C(=O)NNC(=O)/C=C/c2ccc([N+](=O)[O-])cc2)cc1. The smallest absolute Gasteiger partial charge is 0.269 e. The van der Waals surface area contributed by atoms with E-state index in [1.165, 1.54) is 48.6 Å². The second kappa shape index (κ2) is 9.62. The van der Waals surface area contributed by atoms with Crippen LogP contribution in [-0.2, 0) is 9.59 Å². The minimum atomic E-state index is -0.571. The van der Waals surface area contributed by atoms with E-state index in [2.05, 4.69) is 16.2 Å². The number of amides is 3. The van der Waals surface area contributed by atoms with E-state index in [1.54, 1.807) is 19.1 Å². The van der Waals surface area contributed by atoms with Gasteiger partial charge in [0.15, 0.2) is 0 Å².